The molecule has 2 aromatic carbocycles. The van der Waals surface area contributed by atoms with Gasteiger partial charge in [-0.25, -0.2) is 4.39 Å². The van der Waals surface area contributed by atoms with Gasteiger partial charge in [0, 0.05) is 10.2 Å². The monoisotopic (exact) mass is 323 g/mol. The van der Waals surface area contributed by atoms with E-state index in [1.54, 1.807) is 12.1 Å². The van der Waals surface area contributed by atoms with Crippen LogP contribution in [-0.4, -0.2) is 0 Å². The Morgan fingerprint density at radius 2 is 1.84 bits per heavy atom. The van der Waals surface area contributed by atoms with E-state index in [0.29, 0.717) is 12.1 Å². The molecule has 5 N–H and O–H groups in total. The molecule has 0 radical (unpaired) electrons. The largest absolute Gasteiger partial charge is 0.398 e. The topological polar surface area (TPSA) is 64.1 Å². The maximum absolute atomic E-state index is 12.9. The van der Waals surface area contributed by atoms with Crippen molar-refractivity contribution in [2.75, 3.05) is 5.73 Å². The first-order chi connectivity index (χ1) is 9.10. The van der Waals surface area contributed by atoms with Gasteiger partial charge in [-0.3, -0.25) is 11.3 Å². The van der Waals surface area contributed by atoms with E-state index in [2.05, 4.69) is 21.4 Å². The minimum atomic E-state index is -0.247. The second-order valence-electron chi connectivity index (χ2n) is 4.32. The van der Waals surface area contributed by atoms with Gasteiger partial charge < -0.3 is 5.73 Å². The lowest BCUT2D eigenvalue weighted by molar-refractivity contribution is 0.552. The second-order valence-corrected chi connectivity index (χ2v) is 5.24. The third-order valence-electron chi connectivity index (χ3n) is 2.98. The SMILES string of the molecule is NNC(Cc1ccc(F)cc1)c1cc(Br)ccc1N. The molecular weight excluding hydrogens is 309 g/mol. The van der Waals surface area contributed by atoms with Crippen LogP contribution in [0.1, 0.15) is 17.2 Å². The van der Waals surface area contributed by atoms with Crippen LogP contribution in [-0.2, 0) is 6.42 Å². The van der Waals surface area contributed by atoms with Gasteiger partial charge in [0.2, 0.25) is 0 Å². The molecule has 0 amide bonds. The summed E-state index contributed by atoms with van der Waals surface area (Å²) in [7, 11) is 0. The van der Waals surface area contributed by atoms with Crippen molar-refractivity contribution in [3.8, 4) is 0 Å². The van der Waals surface area contributed by atoms with Crippen molar-refractivity contribution in [3.63, 3.8) is 0 Å². The van der Waals surface area contributed by atoms with Gasteiger partial charge >= 0.3 is 0 Å². The Kier molecular flexibility index (Phi) is 4.52. The fourth-order valence-corrected chi connectivity index (χ4v) is 2.34. The molecule has 0 aliphatic heterocycles. The molecule has 2 rings (SSSR count). The molecule has 1 unspecified atom stereocenters. The van der Waals surface area contributed by atoms with Crippen molar-refractivity contribution < 1.29 is 4.39 Å². The van der Waals surface area contributed by atoms with E-state index in [-0.39, 0.29) is 11.9 Å². The van der Waals surface area contributed by atoms with Gasteiger partial charge in [-0.2, -0.15) is 0 Å². The molecule has 1 atom stereocenters. The molecule has 0 saturated heterocycles. The van der Waals surface area contributed by atoms with Gasteiger partial charge in [0.25, 0.3) is 0 Å². The molecule has 2 aromatic rings. The van der Waals surface area contributed by atoms with E-state index in [9.17, 15) is 4.39 Å². The molecule has 3 nitrogen and oxygen atoms in total. The average molecular weight is 324 g/mol. The maximum atomic E-state index is 12.9. The summed E-state index contributed by atoms with van der Waals surface area (Å²) in [4.78, 5) is 0. The highest BCUT2D eigenvalue weighted by atomic mass is 79.9. The van der Waals surface area contributed by atoms with Crippen LogP contribution in [0, 0.1) is 5.82 Å². The van der Waals surface area contributed by atoms with Crippen LogP contribution in [0.15, 0.2) is 46.9 Å². The smallest absolute Gasteiger partial charge is 0.123 e. The summed E-state index contributed by atoms with van der Waals surface area (Å²) >= 11 is 3.42. The fraction of sp³-hybridized carbons (Fsp3) is 0.143. The van der Waals surface area contributed by atoms with Crippen molar-refractivity contribution in [2.45, 2.75) is 12.5 Å². The van der Waals surface area contributed by atoms with Crippen molar-refractivity contribution >= 4 is 21.6 Å². The first kappa shape index (κ1) is 14.0. The Hall–Kier alpha value is -1.43. The summed E-state index contributed by atoms with van der Waals surface area (Å²) < 4.78 is 13.8. The molecule has 0 bridgehead atoms. The van der Waals surface area contributed by atoms with Crippen LogP contribution >= 0.6 is 15.9 Å². The number of nitrogen functional groups attached to an aromatic ring is 1. The number of hydrogen-bond donors (Lipinski definition) is 3. The molecule has 5 heteroatoms. The number of halogens is 2. The van der Waals surface area contributed by atoms with Crippen LogP contribution in [0.25, 0.3) is 0 Å². The number of nitrogens with two attached hydrogens (primary N) is 2. The highest BCUT2D eigenvalue weighted by Crippen LogP contribution is 2.26. The highest BCUT2D eigenvalue weighted by molar-refractivity contribution is 9.10. The van der Waals surface area contributed by atoms with Crippen LogP contribution in [0.3, 0.4) is 0 Å². The average Bonchev–Trinajstić information content (AvgIpc) is 2.41. The zero-order valence-corrected chi connectivity index (χ0v) is 11.8. The minimum absolute atomic E-state index is 0.122. The molecule has 0 saturated carbocycles. The molecule has 0 heterocycles. The number of hydrazine groups is 1. The lowest BCUT2D eigenvalue weighted by atomic mass is 9.98. The number of rotatable bonds is 4. The van der Waals surface area contributed by atoms with Crippen molar-refractivity contribution in [2.24, 2.45) is 5.84 Å². The first-order valence-electron chi connectivity index (χ1n) is 5.85. The van der Waals surface area contributed by atoms with Crippen LogP contribution < -0.4 is 17.0 Å². The molecule has 19 heavy (non-hydrogen) atoms. The summed E-state index contributed by atoms with van der Waals surface area (Å²) in [5.74, 6) is 5.36. The molecule has 0 spiro atoms. The van der Waals surface area contributed by atoms with Crippen molar-refractivity contribution in [1.29, 1.82) is 0 Å². The standard InChI is InChI=1S/C14H15BrFN3/c15-10-3-6-13(17)12(8-10)14(19-18)7-9-1-4-11(16)5-2-9/h1-6,8,14,19H,7,17-18H2. The van der Waals surface area contributed by atoms with Gasteiger partial charge in [0.05, 0.1) is 6.04 Å². The molecule has 0 aliphatic carbocycles. The summed E-state index contributed by atoms with van der Waals surface area (Å²) in [6.45, 7) is 0. The van der Waals surface area contributed by atoms with Crippen LogP contribution in [0.4, 0.5) is 10.1 Å². The van der Waals surface area contributed by atoms with E-state index < -0.39 is 0 Å². The Bertz CT molecular complexity index is 557. The summed E-state index contributed by atoms with van der Waals surface area (Å²) in [6, 6.07) is 11.9. The van der Waals surface area contributed by atoms with Crippen LogP contribution in [0.5, 0.6) is 0 Å². The Balaban J connectivity index is 2.24. The lowest BCUT2D eigenvalue weighted by Gasteiger charge is -2.18. The predicted molar refractivity (Wildman–Crippen MR) is 78.7 cm³/mol. The quantitative estimate of drug-likeness (QED) is 0.460. The number of hydrogen-bond acceptors (Lipinski definition) is 3. The van der Waals surface area contributed by atoms with Gasteiger partial charge in [0.1, 0.15) is 5.82 Å². The zero-order chi connectivity index (χ0) is 13.8. The van der Waals surface area contributed by atoms with E-state index in [4.69, 9.17) is 11.6 Å². The minimum Gasteiger partial charge on any atom is -0.398 e. The lowest BCUT2D eigenvalue weighted by Crippen LogP contribution is -2.30. The molecular formula is C14H15BrFN3. The van der Waals surface area contributed by atoms with Crippen molar-refractivity contribution in [3.05, 3.63) is 63.9 Å². The van der Waals surface area contributed by atoms with E-state index >= 15 is 0 Å². The summed E-state index contributed by atoms with van der Waals surface area (Å²) in [5.41, 5.74) is 11.3. The maximum Gasteiger partial charge on any atom is 0.123 e. The number of nitrogens with one attached hydrogen (secondary N) is 1. The van der Waals surface area contributed by atoms with Gasteiger partial charge in [-0.1, -0.05) is 28.1 Å². The van der Waals surface area contributed by atoms with E-state index in [1.165, 1.54) is 12.1 Å². The summed E-state index contributed by atoms with van der Waals surface area (Å²) in [5, 5.41) is 0. The summed E-state index contributed by atoms with van der Waals surface area (Å²) in [6.07, 6.45) is 0.636. The normalized spacial score (nSPS) is 12.4. The Morgan fingerprint density at radius 3 is 2.47 bits per heavy atom. The fourth-order valence-electron chi connectivity index (χ4n) is 1.96. The van der Waals surface area contributed by atoms with Gasteiger partial charge in [0.15, 0.2) is 0 Å². The molecule has 0 fully saturated rings. The Morgan fingerprint density at radius 1 is 1.16 bits per heavy atom. The zero-order valence-electron chi connectivity index (χ0n) is 10.2. The molecule has 0 aliphatic rings. The Labute approximate surface area is 119 Å². The third-order valence-corrected chi connectivity index (χ3v) is 3.47. The van der Waals surface area contributed by atoms with Crippen LogP contribution in [0.2, 0.25) is 0 Å². The van der Waals surface area contributed by atoms with E-state index in [0.717, 1.165) is 15.6 Å². The second kappa shape index (κ2) is 6.14. The van der Waals surface area contributed by atoms with E-state index in [1.807, 2.05) is 18.2 Å². The molecule has 0 aromatic heterocycles. The number of benzene rings is 2. The predicted octanol–water partition coefficient (Wildman–Crippen LogP) is 2.92. The van der Waals surface area contributed by atoms with Crippen molar-refractivity contribution in [1.82, 2.24) is 5.43 Å². The van der Waals surface area contributed by atoms with Gasteiger partial charge in [-0.15, -0.1) is 0 Å². The number of anilines is 1. The van der Waals surface area contributed by atoms with Gasteiger partial charge in [-0.05, 0) is 47.9 Å². The third kappa shape index (κ3) is 3.53. The highest BCUT2D eigenvalue weighted by Gasteiger charge is 2.14. The first-order valence-corrected chi connectivity index (χ1v) is 6.65. The molecule has 100 valence electrons.